The smallest absolute Gasteiger partial charge is 0.305 e. The highest BCUT2D eigenvalue weighted by molar-refractivity contribution is 8.18. The van der Waals surface area contributed by atoms with Gasteiger partial charge in [-0.3, -0.25) is 19.3 Å². The van der Waals surface area contributed by atoms with Crippen LogP contribution in [-0.2, 0) is 16.0 Å². The van der Waals surface area contributed by atoms with Crippen LogP contribution < -0.4 is 9.47 Å². The van der Waals surface area contributed by atoms with Gasteiger partial charge in [0.05, 0.1) is 17.9 Å². The first-order valence-corrected chi connectivity index (χ1v) is 9.14. The van der Waals surface area contributed by atoms with Gasteiger partial charge in [0.1, 0.15) is 17.6 Å². The van der Waals surface area contributed by atoms with E-state index in [1.165, 1.54) is 0 Å². The van der Waals surface area contributed by atoms with Gasteiger partial charge in [0, 0.05) is 24.1 Å². The largest absolute Gasteiger partial charge is 0.493 e. The molecule has 2 heterocycles. The summed E-state index contributed by atoms with van der Waals surface area (Å²) in [5.41, 5.74) is 1.70. The maximum Gasteiger partial charge on any atom is 0.305 e. The molecule has 0 aliphatic carbocycles. The van der Waals surface area contributed by atoms with Crippen molar-refractivity contribution in [2.45, 2.75) is 32.8 Å². The fraction of sp³-hybridized carbons (Fsp3) is 0.389. The zero-order valence-corrected chi connectivity index (χ0v) is 15.3. The predicted molar refractivity (Wildman–Crippen MR) is 96.3 cm³/mol. The average molecular weight is 377 g/mol. The van der Waals surface area contributed by atoms with Gasteiger partial charge >= 0.3 is 5.97 Å². The molecule has 1 saturated heterocycles. The number of carbonyl (C=O) groups excluding carboxylic acids is 2. The van der Waals surface area contributed by atoms with E-state index in [-0.39, 0.29) is 24.0 Å². The lowest BCUT2D eigenvalue weighted by atomic mass is 10.1. The molecule has 8 heteroatoms. The molecule has 0 bridgehead atoms. The number of carboxylic acid groups (broad SMARTS) is 1. The van der Waals surface area contributed by atoms with Gasteiger partial charge in [-0.1, -0.05) is 0 Å². The van der Waals surface area contributed by atoms with Gasteiger partial charge in [0.25, 0.3) is 11.1 Å². The molecule has 1 unspecified atom stereocenters. The lowest BCUT2D eigenvalue weighted by molar-refractivity contribution is -0.137. The van der Waals surface area contributed by atoms with Crippen molar-refractivity contribution in [3.63, 3.8) is 0 Å². The lowest BCUT2D eigenvalue weighted by Crippen LogP contribution is -2.30. The Bertz CT molecular complexity index is 803. The molecule has 0 aromatic heterocycles. The summed E-state index contributed by atoms with van der Waals surface area (Å²) in [6.07, 6.45) is 2.20. The zero-order valence-electron chi connectivity index (χ0n) is 14.5. The third-order valence-electron chi connectivity index (χ3n) is 4.04. The van der Waals surface area contributed by atoms with Gasteiger partial charge in [-0.2, -0.15) is 0 Å². The third kappa shape index (κ3) is 3.70. The van der Waals surface area contributed by atoms with E-state index < -0.39 is 17.1 Å². The number of carbonyl (C=O) groups is 3. The Morgan fingerprint density at radius 2 is 2.23 bits per heavy atom. The summed E-state index contributed by atoms with van der Waals surface area (Å²) in [6.45, 7) is 4.18. The number of benzene rings is 1. The predicted octanol–water partition coefficient (Wildman–Crippen LogP) is 2.92. The van der Waals surface area contributed by atoms with E-state index in [0.29, 0.717) is 17.9 Å². The Morgan fingerprint density at radius 3 is 2.92 bits per heavy atom. The number of ether oxygens (including phenoxy) is 2. The van der Waals surface area contributed by atoms with Crippen molar-refractivity contribution >= 4 is 35.0 Å². The van der Waals surface area contributed by atoms with Crippen LogP contribution in [0.4, 0.5) is 4.79 Å². The molecule has 0 spiro atoms. The Hall–Kier alpha value is -2.48. The molecule has 2 aliphatic rings. The first kappa shape index (κ1) is 18.3. The van der Waals surface area contributed by atoms with Crippen molar-refractivity contribution in [3.8, 4) is 11.5 Å². The molecule has 138 valence electrons. The molecule has 1 N–H and O–H groups in total. The van der Waals surface area contributed by atoms with Crippen molar-refractivity contribution in [2.24, 2.45) is 0 Å². The summed E-state index contributed by atoms with van der Waals surface area (Å²) >= 11 is 0.798. The highest BCUT2D eigenvalue weighted by Gasteiger charge is 2.35. The standard InChI is InChI=1S/C18H19NO6S/c1-3-24-13-7-11-6-10(2)25-14(11)8-12(13)9-15-17(22)19(18(23)26-15)5-4-16(20)21/h7-10H,3-6H2,1-2H3,(H,20,21). The fourth-order valence-electron chi connectivity index (χ4n) is 2.89. The highest BCUT2D eigenvalue weighted by atomic mass is 32.2. The van der Waals surface area contributed by atoms with Gasteiger partial charge in [-0.25, -0.2) is 0 Å². The minimum Gasteiger partial charge on any atom is -0.493 e. The first-order valence-electron chi connectivity index (χ1n) is 8.32. The average Bonchev–Trinajstić information content (AvgIpc) is 3.05. The Labute approximate surface area is 154 Å². The second kappa shape index (κ2) is 7.41. The van der Waals surface area contributed by atoms with E-state index in [1.807, 2.05) is 26.0 Å². The van der Waals surface area contributed by atoms with Crippen LogP contribution in [-0.4, -0.2) is 46.4 Å². The number of nitrogens with zero attached hydrogens (tertiary/aromatic N) is 1. The SMILES string of the molecule is CCOc1cc2c(cc1C=C1SC(=O)N(CCC(=O)O)C1=O)OC(C)C2. The first-order chi connectivity index (χ1) is 12.4. The summed E-state index contributed by atoms with van der Waals surface area (Å²) in [5.74, 6) is -0.173. The minimum atomic E-state index is -1.06. The number of aliphatic carboxylic acids is 1. The lowest BCUT2D eigenvalue weighted by Gasteiger charge is -2.11. The molecule has 1 atom stereocenters. The maximum absolute atomic E-state index is 12.4. The summed E-state index contributed by atoms with van der Waals surface area (Å²) in [4.78, 5) is 36.3. The van der Waals surface area contributed by atoms with Crippen molar-refractivity contribution in [1.29, 1.82) is 0 Å². The number of imide groups is 1. The molecule has 7 nitrogen and oxygen atoms in total. The number of carboxylic acids is 1. The maximum atomic E-state index is 12.4. The van der Waals surface area contributed by atoms with Crippen LogP contribution in [0.3, 0.4) is 0 Å². The monoisotopic (exact) mass is 377 g/mol. The molecule has 2 aliphatic heterocycles. The van der Waals surface area contributed by atoms with Gasteiger partial charge in [-0.05, 0) is 43.8 Å². The van der Waals surface area contributed by atoms with Gasteiger partial charge < -0.3 is 14.6 Å². The molecule has 2 amide bonds. The number of amides is 2. The van der Waals surface area contributed by atoms with Crippen LogP contribution in [0.15, 0.2) is 17.0 Å². The van der Waals surface area contributed by atoms with Crippen LogP contribution in [0.2, 0.25) is 0 Å². The molecule has 0 radical (unpaired) electrons. The van der Waals surface area contributed by atoms with Crippen LogP contribution >= 0.6 is 11.8 Å². The molecule has 1 aromatic carbocycles. The van der Waals surface area contributed by atoms with E-state index in [0.717, 1.165) is 34.4 Å². The second-order valence-corrected chi connectivity index (χ2v) is 7.03. The molecular formula is C18H19NO6S. The third-order valence-corrected chi connectivity index (χ3v) is 4.95. The van der Waals surface area contributed by atoms with E-state index >= 15 is 0 Å². The quantitative estimate of drug-likeness (QED) is 0.762. The minimum absolute atomic E-state index is 0.0814. The second-order valence-electron chi connectivity index (χ2n) is 6.04. The van der Waals surface area contributed by atoms with Gasteiger partial charge in [0.15, 0.2) is 0 Å². The summed E-state index contributed by atoms with van der Waals surface area (Å²) in [7, 11) is 0. The van der Waals surface area contributed by atoms with E-state index in [9.17, 15) is 14.4 Å². The topological polar surface area (TPSA) is 93.1 Å². The summed E-state index contributed by atoms with van der Waals surface area (Å²) in [6, 6.07) is 3.72. The molecule has 1 fully saturated rings. The number of fused-ring (bicyclic) bond motifs is 1. The van der Waals surface area contributed by atoms with Gasteiger partial charge in [-0.15, -0.1) is 0 Å². The summed E-state index contributed by atoms with van der Waals surface area (Å²) < 4.78 is 11.4. The van der Waals surface area contributed by atoms with Crippen LogP contribution in [0, 0.1) is 0 Å². The van der Waals surface area contributed by atoms with Crippen molar-refractivity contribution in [2.75, 3.05) is 13.2 Å². The zero-order chi connectivity index (χ0) is 18.8. The van der Waals surface area contributed by atoms with Crippen molar-refractivity contribution in [1.82, 2.24) is 4.90 Å². The molecule has 3 rings (SSSR count). The van der Waals surface area contributed by atoms with Crippen molar-refractivity contribution < 1.29 is 29.0 Å². The molecule has 26 heavy (non-hydrogen) atoms. The number of rotatable bonds is 6. The van der Waals surface area contributed by atoms with Crippen LogP contribution in [0.25, 0.3) is 6.08 Å². The molecule has 1 aromatic rings. The van der Waals surface area contributed by atoms with E-state index in [1.54, 1.807) is 6.08 Å². The molecule has 0 saturated carbocycles. The number of thioether (sulfide) groups is 1. The van der Waals surface area contributed by atoms with Crippen LogP contribution in [0.1, 0.15) is 31.4 Å². The number of hydrogen-bond donors (Lipinski definition) is 1. The van der Waals surface area contributed by atoms with Crippen molar-refractivity contribution in [3.05, 3.63) is 28.2 Å². The van der Waals surface area contributed by atoms with E-state index in [4.69, 9.17) is 14.6 Å². The normalized spacial score (nSPS) is 20.5. The van der Waals surface area contributed by atoms with Crippen LogP contribution in [0.5, 0.6) is 11.5 Å². The van der Waals surface area contributed by atoms with Gasteiger partial charge in [0.2, 0.25) is 0 Å². The summed E-state index contributed by atoms with van der Waals surface area (Å²) in [5, 5.41) is 8.29. The Balaban J connectivity index is 1.89. The fourth-order valence-corrected chi connectivity index (χ4v) is 3.75. The van der Waals surface area contributed by atoms with E-state index in [2.05, 4.69) is 0 Å². The molecular weight excluding hydrogens is 358 g/mol. The highest BCUT2D eigenvalue weighted by Crippen LogP contribution is 2.39. The Kier molecular flexibility index (Phi) is 5.22. The Morgan fingerprint density at radius 1 is 1.46 bits per heavy atom. The number of hydrogen-bond acceptors (Lipinski definition) is 6.